The Kier molecular flexibility index (Phi) is 3.66. The molecule has 2 heterocycles. The van der Waals surface area contributed by atoms with Gasteiger partial charge in [0.1, 0.15) is 5.69 Å². The van der Waals surface area contributed by atoms with Crippen molar-refractivity contribution >= 4 is 11.5 Å². The van der Waals surface area contributed by atoms with Gasteiger partial charge < -0.3 is 10.0 Å². The molecule has 1 aliphatic rings. The Labute approximate surface area is 108 Å². The number of pyridine rings is 1. The number of ketones is 1. The fourth-order valence-corrected chi connectivity index (χ4v) is 2.17. The summed E-state index contributed by atoms with van der Waals surface area (Å²) in [5, 5.41) is 9.90. The third-order valence-electron chi connectivity index (χ3n) is 3.56. The predicted molar refractivity (Wildman–Crippen MR) is 70.9 cm³/mol. The second-order valence-corrected chi connectivity index (χ2v) is 5.16. The zero-order chi connectivity index (χ0) is 13.2. The smallest absolute Gasteiger partial charge is 0.180 e. The van der Waals surface area contributed by atoms with E-state index in [9.17, 15) is 9.90 Å². The van der Waals surface area contributed by atoms with Crippen molar-refractivity contribution in [3.63, 3.8) is 0 Å². The van der Waals surface area contributed by atoms with Crippen LogP contribution in [-0.4, -0.2) is 34.6 Å². The van der Waals surface area contributed by atoms with Crippen LogP contribution in [0.1, 0.15) is 43.6 Å². The zero-order valence-electron chi connectivity index (χ0n) is 11.0. The summed E-state index contributed by atoms with van der Waals surface area (Å²) in [6.07, 6.45) is 3.77. The fourth-order valence-electron chi connectivity index (χ4n) is 2.17. The van der Waals surface area contributed by atoms with Crippen molar-refractivity contribution in [1.29, 1.82) is 0 Å². The number of aromatic nitrogens is 1. The largest absolute Gasteiger partial charge is 0.390 e. The van der Waals surface area contributed by atoms with E-state index < -0.39 is 5.60 Å². The van der Waals surface area contributed by atoms with Crippen LogP contribution in [0.2, 0.25) is 0 Å². The van der Waals surface area contributed by atoms with Crippen molar-refractivity contribution in [3.05, 3.63) is 24.0 Å². The minimum absolute atomic E-state index is 0.0723. The maximum Gasteiger partial charge on any atom is 0.180 e. The Bertz CT molecular complexity index is 416. The van der Waals surface area contributed by atoms with Crippen LogP contribution in [0, 0.1) is 0 Å². The number of nitrogens with zero attached hydrogens (tertiary/aromatic N) is 2. The molecule has 0 atom stereocenters. The van der Waals surface area contributed by atoms with Gasteiger partial charge in [-0.3, -0.25) is 9.78 Å². The Hall–Kier alpha value is -1.42. The zero-order valence-corrected chi connectivity index (χ0v) is 11.0. The maximum absolute atomic E-state index is 11.5. The summed E-state index contributed by atoms with van der Waals surface area (Å²) in [6.45, 7) is 5.38. The molecule has 0 bridgehead atoms. The van der Waals surface area contributed by atoms with E-state index in [0.29, 0.717) is 12.1 Å². The quantitative estimate of drug-likeness (QED) is 0.832. The van der Waals surface area contributed by atoms with Crippen LogP contribution < -0.4 is 4.90 Å². The van der Waals surface area contributed by atoms with Gasteiger partial charge >= 0.3 is 0 Å². The molecule has 1 N–H and O–H groups in total. The molecule has 1 fully saturated rings. The van der Waals surface area contributed by atoms with Crippen LogP contribution in [-0.2, 0) is 0 Å². The first-order valence-corrected chi connectivity index (χ1v) is 6.48. The summed E-state index contributed by atoms with van der Waals surface area (Å²) in [6, 6.07) is 3.73. The van der Waals surface area contributed by atoms with Gasteiger partial charge in [-0.05, 0) is 31.9 Å². The third kappa shape index (κ3) is 2.88. The van der Waals surface area contributed by atoms with Crippen molar-refractivity contribution in [2.45, 2.75) is 38.7 Å². The molecule has 98 valence electrons. The van der Waals surface area contributed by atoms with Crippen molar-refractivity contribution in [2.24, 2.45) is 0 Å². The van der Waals surface area contributed by atoms with Crippen molar-refractivity contribution < 1.29 is 9.90 Å². The van der Waals surface area contributed by atoms with Gasteiger partial charge in [0.25, 0.3) is 0 Å². The molecule has 0 amide bonds. The molecule has 1 saturated heterocycles. The molecular formula is C14H20N2O2. The lowest BCUT2D eigenvalue weighted by Gasteiger charge is -2.36. The monoisotopic (exact) mass is 248 g/mol. The van der Waals surface area contributed by atoms with E-state index in [0.717, 1.165) is 31.6 Å². The number of rotatable bonds is 3. The summed E-state index contributed by atoms with van der Waals surface area (Å²) >= 11 is 0. The summed E-state index contributed by atoms with van der Waals surface area (Å²) < 4.78 is 0. The second-order valence-electron chi connectivity index (χ2n) is 5.16. The number of aliphatic hydroxyl groups is 1. The molecule has 0 spiro atoms. The molecule has 1 aromatic rings. The van der Waals surface area contributed by atoms with Gasteiger partial charge in [-0.25, -0.2) is 0 Å². The van der Waals surface area contributed by atoms with E-state index >= 15 is 0 Å². The van der Waals surface area contributed by atoms with Crippen LogP contribution in [0.15, 0.2) is 18.3 Å². The molecule has 18 heavy (non-hydrogen) atoms. The average molecular weight is 248 g/mol. The average Bonchev–Trinajstić information content (AvgIpc) is 2.38. The topological polar surface area (TPSA) is 53.4 Å². The van der Waals surface area contributed by atoms with Crippen LogP contribution in [0.3, 0.4) is 0 Å². The lowest BCUT2D eigenvalue weighted by Crippen LogP contribution is -2.42. The highest BCUT2D eigenvalue weighted by atomic mass is 16.3. The van der Waals surface area contributed by atoms with Crippen molar-refractivity contribution in [2.75, 3.05) is 18.0 Å². The molecule has 1 aliphatic heterocycles. The van der Waals surface area contributed by atoms with Crippen LogP contribution in [0.4, 0.5) is 5.69 Å². The molecule has 0 radical (unpaired) electrons. The normalized spacial score (nSPS) is 18.7. The van der Waals surface area contributed by atoms with Gasteiger partial charge in [0.15, 0.2) is 5.78 Å². The number of carbonyl (C=O) groups excluding carboxylic acids is 1. The number of hydrogen-bond donors (Lipinski definition) is 1. The molecule has 0 aromatic carbocycles. The number of anilines is 1. The standard InChI is InChI=1S/C14H20N2O2/c1-3-13(17)12-5-4-11(10-15-12)16-8-6-14(2,18)7-9-16/h4-5,10,18H,3,6-9H2,1-2H3. The number of piperidine rings is 1. The molecule has 0 aliphatic carbocycles. The first-order chi connectivity index (χ1) is 8.52. The highest BCUT2D eigenvalue weighted by molar-refractivity contribution is 5.94. The molecular weight excluding hydrogens is 228 g/mol. The summed E-state index contributed by atoms with van der Waals surface area (Å²) in [7, 11) is 0. The highest BCUT2D eigenvalue weighted by Gasteiger charge is 2.27. The van der Waals surface area contributed by atoms with Gasteiger partial charge in [-0.1, -0.05) is 6.92 Å². The second kappa shape index (κ2) is 5.06. The van der Waals surface area contributed by atoms with Crippen LogP contribution >= 0.6 is 0 Å². The van der Waals surface area contributed by atoms with E-state index in [1.165, 1.54) is 0 Å². The van der Waals surface area contributed by atoms with Crippen molar-refractivity contribution in [1.82, 2.24) is 4.98 Å². The molecule has 0 unspecified atom stereocenters. The molecule has 2 rings (SSSR count). The molecule has 4 nitrogen and oxygen atoms in total. The lowest BCUT2D eigenvalue weighted by atomic mass is 9.93. The third-order valence-corrected chi connectivity index (χ3v) is 3.56. The first-order valence-electron chi connectivity index (χ1n) is 6.48. The molecule has 1 aromatic heterocycles. The van der Waals surface area contributed by atoms with Gasteiger partial charge in [0.2, 0.25) is 0 Å². The Morgan fingerprint density at radius 3 is 2.61 bits per heavy atom. The van der Waals surface area contributed by atoms with Crippen LogP contribution in [0.25, 0.3) is 0 Å². The van der Waals surface area contributed by atoms with E-state index in [-0.39, 0.29) is 5.78 Å². The van der Waals surface area contributed by atoms with E-state index in [1.54, 1.807) is 12.3 Å². The summed E-state index contributed by atoms with van der Waals surface area (Å²) in [5.41, 5.74) is 1.02. The minimum Gasteiger partial charge on any atom is -0.390 e. The van der Waals surface area contributed by atoms with Gasteiger partial charge in [0, 0.05) is 19.5 Å². The molecule has 4 heteroatoms. The van der Waals surface area contributed by atoms with E-state index in [2.05, 4.69) is 9.88 Å². The summed E-state index contributed by atoms with van der Waals surface area (Å²) in [4.78, 5) is 17.9. The van der Waals surface area contributed by atoms with E-state index in [1.807, 2.05) is 19.9 Å². The maximum atomic E-state index is 11.5. The van der Waals surface area contributed by atoms with E-state index in [4.69, 9.17) is 0 Å². The first kappa shape index (κ1) is 13.0. The number of carbonyl (C=O) groups is 1. The van der Waals surface area contributed by atoms with Crippen LogP contribution in [0.5, 0.6) is 0 Å². The number of Topliss-reactive ketones (excluding diaryl/α,β-unsaturated/α-hetero) is 1. The Balaban J connectivity index is 2.04. The highest BCUT2D eigenvalue weighted by Crippen LogP contribution is 2.25. The summed E-state index contributed by atoms with van der Waals surface area (Å²) in [5.74, 6) is 0.0723. The Morgan fingerprint density at radius 1 is 1.44 bits per heavy atom. The molecule has 0 saturated carbocycles. The SMILES string of the molecule is CCC(=O)c1ccc(N2CCC(C)(O)CC2)cn1. The van der Waals surface area contributed by atoms with Gasteiger partial charge in [-0.15, -0.1) is 0 Å². The Morgan fingerprint density at radius 2 is 2.11 bits per heavy atom. The minimum atomic E-state index is -0.540. The predicted octanol–water partition coefficient (Wildman–Crippen LogP) is 2.03. The fraction of sp³-hybridized carbons (Fsp3) is 0.571. The van der Waals surface area contributed by atoms with Gasteiger partial charge in [-0.2, -0.15) is 0 Å². The van der Waals surface area contributed by atoms with Gasteiger partial charge in [0.05, 0.1) is 17.5 Å². The lowest BCUT2D eigenvalue weighted by molar-refractivity contribution is 0.0351. The number of hydrogen-bond acceptors (Lipinski definition) is 4. The van der Waals surface area contributed by atoms with Crippen molar-refractivity contribution in [3.8, 4) is 0 Å².